The number of nitrogens with one attached hydrogen (secondary N) is 1. The molecular formula is C22H22Cl2F3N5OS. The Morgan fingerprint density at radius 2 is 2.06 bits per heavy atom. The van der Waals surface area contributed by atoms with Crippen LogP contribution in [0.1, 0.15) is 25.8 Å². The van der Waals surface area contributed by atoms with Crippen molar-refractivity contribution >= 4 is 62.5 Å². The maximum Gasteiger partial charge on any atom is 0.417 e. The lowest BCUT2D eigenvalue weighted by atomic mass is 10.1. The first kappa shape index (κ1) is 26.2. The summed E-state index contributed by atoms with van der Waals surface area (Å²) in [6.07, 6.45) is -2.96. The molecule has 0 bridgehead atoms. The molecule has 12 heteroatoms. The van der Waals surface area contributed by atoms with E-state index in [-0.39, 0.29) is 23.0 Å². The van der Waals surface area contributed by atoms with Gasteiger partial charge in [0.05, 0.1) is 16.6 Å². The van der Waals surface area contributed by atoms with Crippen molar-refractivity contribution in [2.24, 2.45) is 4.99 Å². The van der Waals surface area contributed by atoms with Crippen LogP contribution in [0.5, 0.6) is 0 Å². The second-order valence-electron chi connectivity index (χ2n) is 7.15. The van der Waals surface area contributed by atoms with Gasteiger partial charge in [-0.15, -0.1) is 0 Å². The minimum atomic E-state index is -4.60. The van der Waals surface area contributed by atoms with E-state index in [9.17, 15) is 18.0 Å². The topological polar surface area (TPSA) is 83.6 Å². The van der Waals surface area contributed by atoms with E-state index in [0.29, 0.717) is 22.3 Å². The van der Waals surface area contributed by atoms with Gasteiger partial charge in [-0.2, -0.15) is 13.2 Å². The number of aliphatic imine (C=N–C) groups is 1. The Balaban J connectivity index is 1.93. The van der Waals surface area contributed by atoms with Gasteiger partial charge >= 0.3 is 6.18 Å². The number of aromatic nitrogens is 1. The molecule has 3 rings (SSSR count). The van der Waals surface area contributed by atoms with Gasteiger partial charge in [0, 0.05) is 29.1 Å². The molecule has 0 saturated carbocycles. The molecular weight excluding hydrogens is 510 g/mol. The minimum Gasteiger partial charge on any atom is -0.384 e. The van der Waals surface area contributed by atoms with Crippen molar-refractivity contribution in [3.05, 3.63) is 58.2 Å². The standard InChI is InChI=1S/C22H22Cl2F3N5OS/c1-3-32(19-7-5-6-18(28)30-19)21(33)20-17(10-13(23)12-29-20)31-34(4-2)14-8-9-16(24)15(11-14)22(25,26)27/h4-9,11-12,17,31H,3,10H2,1-2H3,(H2,28,30). The van der Waals surface area contributed by atoms with Crippen molar-refractivity contribution in [2.75, 3.05) is 17.2 Å². The number of carbonyl (C=O) groups is 1. The number of carbonyl (C=O) groups excluding carboxylic acids is 1. The molecule has 1 aromatic heterocycles. The zero-order chi connectivity index (χ0) is 25.0. The van der Waals surface area contributed by atoms with Crippen LogP contribution in [0.25, 0.3) is 0 Å². The molecule has 2 atom stereocenters. The lowest BCUT2D eigenvalue weighted by Crippen LogP contribution is -2.47. The highest BCUT2D eigenvalue weighted by Gasteiger charge is 2.34. The van der Waals surface area contributed by atoms with Crippen LogP contribution in [0.15, 0.2) is 57.5 Å². The van der Waals surface area contributed by atoms with Gasteiger partial charge in [0.2, 0.25) is 0 Å². The van der Waals surface area contributed by atoms with E-state index in [1.807, 2.05) is 0 Å². The smallest absolute Gasteiger partial charge is 0.384 e. The third kappa shape index (κ3) is 5.99. The number of rotatable bonds is 6. The van der Waals surface area contributed by atoms with Crippen molar-refractivity contribution in [1.82, 2.24) is 9.71 Å². The molecule has 1 amide bonds. The molecule has 2 heterocycles. The number of pyridine rings is 1. The van der Waals surface area contributed by atoms with Gasteiger partial charge in [-0.25, -0.2) is 4.98 Å². The van der Waals surface area contributed by atoms with Gasteiger partial charge < -0.3 is 5.73 Å². The molecule has 0 fully saturated rings. The highest BCUT2D eigenvalue weighted by atomic mass is 35.5. The van der Waals surface area contributed by atoms with Crippen LogP contribution in [0.3, 0.4) is 0 Å². The van der Waals surface area contributed by atoms with E-state index in [0.717, 1.165) is 6.07 Å². The molecule has 1 aliphatic heterocycles. The lowest BCUT2D eigenvalue weighted by Gasteiger charge is -2.28. The zero-order valence-corrected chi connectivity index (χ0v) is 20.6. The Labute approximate surface area is 207 Å². The summed E-state index contributed by atoms with van der Waals surface area (Å²) >= 11 is 12.0. The molecule has 182 valence electrons. The Morgan fingerprint density at radius 3 is 2.68 bits per heavy atom. The average molecular weight is 532 g/mol. The van der Waals surface area contributed by atoms with E-state index >= 15 is 0 Å². The molecule has 6 nitrogen and oxygen atoms in total. The van der Waals surface area contributed by atoms with Crippen LogP contribution >= 0.6 is 33.9 Å². The molecule has 34 heavy (non-hydrogen) atoms. The molecule has 0 spiro atoms. The number of nitrogen functional groups attached to an aromatic ring is 1. The van der Waals surface area contributed by atoms with Crippen LogP contribution in [0.4, 0.5) is 24.8 Å². The van der Waals surface area contributed by atoms with Crippen LogP contribution in [0, 0.1) is 0 Å². The van der Waals surface area contributed by atoms with Crippen LogP contribution in [-0.4, -0.2) is 34.6 Å². The highest BCUT2D eigenvalue weighted by molar-refractivity contribution is 8.13. The first-order chi connectivity index (χ1) is 16.0. The number of hydrogen-bond acceptors (Lipinski definition) is 5. The molecule has 2 aromatic rings. The quantitative estimate of drug-likeness (QED) is 0.472. The van der Waals surface area contributed by atoms with Gasteiger partial charge in [-0.3, -0.25) is 19.4 Å². The van der Waals surface area contributed by atoms with Gasteiger partial charge in [-0.1, -0.05) is 39.9 Å². The van der Waals surface area contributed by atoms with Crippen LogP contribution < -0.4 is 15.4 Å². The Kier molecular flexibility index (Phi) is 8.40. The number of alkyl halides is 3. The second-order valence-corrected chi connectivity index (χ2v) is 9.89. The van der Waals surface area contributed by atoms with Gasteiger partial charge in [0.1, 0.15) is 17.3 Å². The largest absolute Gasteiger partial charge is 0.417 e. The summed E-state index contributed by atoms with van der Waals surface area (Å²) in [5.74, 6) is 0.214. The molecule has 3 N–H and O–H groups in total. The van der Waals surface area contributed by atoms with Crippen LogP contribution in [-0.2, 0) is 11.0 Å². The Hall–Kier alpha value is -2.40. The molecule has 1 aliphatic rings. The first-order valence-corrected chi connectivity index (χ1v) is 12.2. The molecule has 2 unspecified atom stereocenters. The van der Waals surface area contributed by atoms with Gasteiger partial charge in [0.15, 0.2) is 0 Å². The molecule has 0 aliphatic carbocycles. The summed E-state index contributed by atoms with van der Waals surface area (Å²) in [6, 6.07) is 8.03. The molecule has 0 saturated heterocycles. The monoisotopic (exact) mass is 531 g/mol. The number of benzene rings is 1. The van der Waals surface area contributed by atoms with Crippen LogP contribution in [0.2, 0.25) is 5.02 Å². The number of anilines is 2. The summed E-state index contributed by atoms with van der Waals surface area (Å²) < 4.78 is 43.3. The fourth-order valence-corrected chi connectivity index (χ4v) is 5.23. The highest BCUT2D eigenvalue weighted by Crippen LogP contribution is 2.38. The molecule has 1 aromatic carbocycles. The summed E-state index contributed by atoms with van der Waals surface area (Å²) in [6.45, 7) is 3.80. The van der Waals surface area contributed by atoms with E-state index in [4.69, 9.17) is 28.9 Å². The summed E-state index contributed by atoms with van der Waals surface area (Å²) in [5.41, 5.74) is 5.01. The predicted molar refractivity (Wildman–Crippen MR) is 134 cm³/mol. The van der Waals surface area contributed by atoms with E-state index < -0.39 is 34.4 Å². The van der Waals surface area contributed by atoms with Crippen molar-refractivity contribution in [1.29, 1.82) is 0 Å². The third-order valence-electron chi connectivity index (χ3n) is 4.89. The normalized spacial score (nSPS) is 17.2. The summed E-state index contributed by atoms with van der Waals surface area (Å²) in [7, 11) is -0.968. The van der Waals surface area contributed by atoms with E-state index in [1.165, 1.54) is 23.2 Å². The third-order valence-corrected chi connectivity index (χ3v) is 7.24. The maximum atomic E-state index is 13.4. The van der Waals surface area contributed by atoms with Crippen molar-refractivity contribution in [3.8, 4) is 0 Å². The fourth-order valence-electron chi connectivity index (χ4n) is 3.30. The Morgan fingerprint density at radius 1 is 1.32 bits per heavy atom. The minimum absolute atomic E-state index is 0.167. The van der Waals surface area contributed by atoms with Gasteiger partial charge in [0.25, 0.3) is 5.91 Å². The summed E-state index contributed by atoms with van der Waals surface area (Å²) in [5, 5.41) is 1.74. The second kappa shape index (κ2) is 10.9. The number of hydrogen-bond donors (Lipinski definition) is 2. The number of halogens is 5. The van der Waals surface area contributed by atoms with Crippen molar-refractivity contribution in [3.63, 3.8) is 0 Å². The average Bonchev–Trinajstić information content (AvgIpc) is 2.77. The number of nitrogens with two attached hydrogens (primary N) is 1. The SMILES string of the molecule is C/C=S(/NC1CC(Cl)=CN=C1C(=O)N(CC)c1cccc(N)n1)c1ccc(Cl)c(C(F)(F)F)c1. The summed E-state index contributed by atoms with van der Waals surface area (Å²) in [4.78, 5) is 23.7. The number of nitrogens with zero attached hydrogens (tertiary/aromatic N) is 3. The maximum absolute atomic E-state index is 13.4. The first-order valence-electron chi connectivity index (χ1n) is 10.2. The van der Waals surface area contributed by atoms with E-state index in [1.54, 1.807) is 37.4 Å². The number of amides is 1. The van der Waals surface area contributed by atoms with E-state index in [2.05, 4.69) is 14.7 Å². The van der Waals surface area contributed by atoms with Gasteiger partial charge in [-0.05, 0) is 49.5 Å². The Bertz CT molecular complexity index is 1180. The predicted octanol–water partition coefficient (Wildman–Crippen LogP) is 5.64. The zero-order valence-electron chi connectivity index (χ0n) is 18.2. The molecule has 0 radical (unpaired) electrons. The lowest BCUT2D eigenvalue weighted by molar-refractivity contribution is -0.137. The fraction of sp³-hybridized carbons (Fsp3) is 0.273. The van der Waals surface area contributed by atoms with Crippen molar-refractivity contribution in [2.45, 2.75) is 37.4 Å². The van der Waals surface area contributed by atoms with Crippen molar-refractivity contribution < 1.29 is 18.0 Å².